The van der Waals surface area contributed by atoms with Crippen molar-refractivity contribution in [2.24, 2.45) is 0 Å². The van der Waals surface area contributed by atoms with Gasteiger partial charge in [0.25, 0.3) is 0 Å². The van der Waals surface area contributed by atoms with Crippen LogP contribution in [0.2, 0.25) is 0 Å². The molecule has 0 aliphatic carbocycles. The summed E-state index contributed by atoms with van der Waals surface area (Å²) in [4.78, 5) is 0. The Labute approximate surface area is 152 Å². The third-order valence-corrected chi connectivity index (χ3v) is 4.22. The summed E-state index contributed by atoms with van der Waals surface area (Å²) in [6.07, 6.45) is 4.21. The van der Waals surface area contributed by atoms with Crippen molar-refractivity contribution in [3.63, 3.8) is 0 Å². The minimum absolute atomic E-state index is 0. The number of furan rings is 1. The minimum atomic E-state index is 0. The standard InChI is InChI=1S/C21H18NO.BrH/c1-16-6-2-3-8-19(16)15-22-12-10-17(11-13-22)21-14-18-7-4-5-9-20(18)23-21;/h2-14H,15H2,1H3;1H/q+1;/p-1. The highest BCUT2D eigenvalue weighted by Crippen LogP contribution is 2.26. The molecule has 2 nitrogen and oxygen atoms in total. The first-order chi connectivity index (χ1) is 11.3. The molecule has 3 heteroatoms. The van der Waals surface area contributed by atoms with Crippen LogP contribution >= 0.6 is 0 Å². The van der Waals surface area contributed by atoms with E-state index in [1.807, 2.05) is 18.2 Å². The molecule has 0 atom stereocenters. The van der Waals surface area contributed by atoms with E-state index in [0.717, 1.165) is 28.8 Å². The molecule has 0 fully saturated rings. The fraction of sp³-hybridized carbons (Fsp3) is 0.0952. The molecule has 0 radical (unpaired) electrons. The summed E-state index contributed by atoms with van der Waals surface area (Å²) in [6, 6.07) is 22.9. The molecule has 4 aromatic rings. The van der Waals surface area contributed by atoms with Crippen LogP contribution in [0.1, 0.15) is 11.1 Å². The number of halogens is 1. The molecule has 0 aliphatic heterocycles. The van der Waals surface area contributed by atoms with Crippen molar-refractivity contribution in [1.82, 2.24) is 0 Å². The van der Waals surface area contributed by atoms with Gasteiger partial charge in [-0.1, -0.05) is 42.5 Å². The molecule has 0 N–H and O–H groups in total. The maximum absolute atomic E-state index is 5.92. The molecule has 0 bridgehead atoms. The van der Waals surface area contributed by atoms with Crippen LogP contribution in [-0.2, 0) is 6.54 Å². The Balaban J connectivity index is 0.00000169. The lowest BCUT2D eigenvalue weighted by Crippen LogP contribution is -3.00. The first-order valence-corrected chi connectivity index (χ1v) is 7.82. The maximum Gasteiger partial charge on any atom is 0.174 e. The van der Waals surface area contributed by atoms with Crippen molar-refractivity contribution >= 4 is 11.0 Å². The molecular weight excluding hydrogens is 362 g/mol. The van der Waals surface area contributed by atoms with Gasteiger partial charge in [-0.15, -0.1) is 0 Å². The fourth-order valence-corrected chi connectivity index (χ4v) is 2.84. The summed E-state index contributed by atoms with van der Waals surface area (Å²) in [5, 5.41) is 1.14. The Morgan fingerprint density at radius 2 is 1.58 bits per heavy atom. The van der Waals surface area contributed by atoms with Crippen LogP contribution in [0.25, 0.3) is 22.3 Å². The van der Waals surface area contributed by atoms with Crippen LogP contribution < -0.4 is 21.5 Å². The average Bonchev–Trinajstić information content (AvgIpc) is 3.02. The Hall–Kier alpha value is -2.39. The van der Waals surface area contributed by atoms with Crippen LogP contribution in [-0.4, -0.2) is 0 Å². The Morgan fingerprint density at radius 1 is 0.875 bits per heavy atom. The number of para-hydroxylation sites is 1. The van der Waals surface area contributed by atoms with Crippen LogP contribution in [0, 0.1) is 6.92 Å². The van der Waals surface area contributed by atoms with E-state index in [9.17, 15) is 0 Å². The van der Waals surface area contributed by atoms with E-state index in [4.69, 9.17) is 4.42 Å². The summed E-state index contributed by atoms with van der Waals surface area (Å²) >= 11 is 0. The van der Waals surface area contributed by atoms with Gasteiger partial charge in [0.05, 0.1) is 0 Å². The normalized spacial score (nSPS) is 10.5. The fourth-order valence-electron chi connectivity index (χ4n) is 2.84. The lowest BCUT2D eigenvalue weighted by atomic mass is 10.1. The average molecular weight is 380 g/mol. The smallest absolute Gasteiger partial charge is 0.174 e. The van der Waals surface area contributed by atoms with E-state index in [2.05, 4.69) is 72.4 Å². The van der Waals surface area contributed by atoms with Crippen LogP contribution in [0.5, 0.6) is 0 Å². The lowest BCUT2D eigenvalue weighted by molar-refractivity contribution is -0.688. The highest BCUT2D eigenvalue weighted by atomic mass is 79.9. The topological polar surface area (TPSA) is 17.0 Å². The minimum Gasteiger partial charge on any atom is -1.00 e. The number of rotatable bonds is 3. The lowest BCUT2D eigenvalue weighted by Gasteiger charge is -2.02. The third kappa shape index (κ3) is 3.26. The third-order valence-electron chi connectivity index (χ3n) is 4.22. The van der Waals surface area contributed by atoms with Crippen molar-refractivity contribution in [1.29, 1.82) is 0 Å². The Morgan fingerprint density at radius 3 is 2.33 bits per heavy atom. The van der Waals surface area contributed by atoms with Crippen LogP contribution in [0.4, 0.5) is 0 Å². The largest absolute Gasteiger partial charge is 1.00 e. The number of aryl methyl sites for hydroxylation is 1. The van der Waals surface area contributed by atoms with Gasteiger partial charge in [0, 0.05) is 28.6 Å². The molecule has 2 aromatic heterocycles. The zero-order chi connectivity index (χ0) is 15.6. The predicted molar refractivity (Wildman–Crippen MR) is 92.1 cm³/mol. The number of benzene rings is 2. The van der Waals surface area contributed by atoms with E-state index in [0.29, 0.717) is 0 Å². The molecule has 0 spiro atoms. The van der Waals surface area contributed by atoms with Crippen molar-refractivity contribution in [2.75, 3.05) is 0 Å². The molecule has 24 heavy (non-hydrogen) atoms. The zero-order valence-corrected chi connectivity index (χ0v) is 15.0. The number of pyridine rings is 1. The van der Waals surface area contributed by atoms with Gasteiger partial charge in [0.2, 0.25) is 0 Å². The molecule has 0 saturated heterocycles. The molecule has 0 unspecified atom stereocenters. The van der Waals surface area contributed by atoms with Gasteiger partial charge < -0.3 is 21.4 Å². The van der Waals surface area contributed by atoms with Gasteiger partial charge >= 0.3 is 0 Å². The van der Waals surface area contributed by atoms with Gasteiger partial charge in [0.1, 0.15) is 11.3 Å². The van der Waals surface area contributed by atoms with Gasteiger partial charge in [-0.25, -0.2) is 4.57 Å². The summed E-state index contributed by atoms with van der Waals surface area (Å²) in [5.74, 6) is 0.911. The second-order valence-electron chi connectivity index (χ2n) is 5.83. The van der Waals surface area contributed by atoms with Crippen molar-refractivity contribution in [3.05, 3.63) is 90.3 Å². The predicted octanol–water partition coefficient (Wildman–Crippen LogP) is 1.75. The first-order valence-electron chi connectivity index (χ1n) is 7.82. The van der Waals surface area contributed by atoms with Gasteiger partial charge in [0.15, 0.2) is 18.9 Å². The van der Waals surface area contributed by atoms with Crippen molar-refractivity contribution in [3.8, 4) is 11.3 Å². The summed E-state index contributed by atoms with van der Waals surface area (Å²) in [6.45, 7) is 3.03. The quantitative estimate of drug-likeness (QED) is 0.495. The van der Waals surface area contributed by atoms with Crippen molar-refractivity contribution in [2.45, 2.75) is 13.5 Å². The first kappa shape index (κ1) is 16.5. The SMILES string of the molecule is Cc1ccccc1C[n+]1ccc(-c2cc3ccccc3o2)cc1.[Br-]. The van der Waals surface area contributed by atoms with Gasteiger partial charge in [-0.2, -0.15) is 0 Å². The van der Waals surface area contributed by atoms with E-state index >= 15 is 0 Å². The van der Waals surface area contributed by atoms with E-state index < -0.39 is 0 Å². The maximum atomic E-state index is 5.92. The molecular formula is C21H18BrNO. The summed E-state index contributed by atoms with van der Waals surface area (Å²) in [7, 11) is 0. The monoisotopic (exact) mass is 379 g/mol. The van der Waals surface area contributed by atoms with E-state index in [1.54, 1.807) is 0 Å². The molecule has 2 heterocycles. The number of hydrogen-bond acceptors (Lipinski definition) is 1. The highest BCUT2D eigenvalue weighted by molar-refractivity contribution is 5.82. The van der Waals surface area contributed by atoms with E-state index in [1.165, 1.54) is 11.1 Å². The zero-order valence-electron chi connectivity index (χ0n) is 13.4. The van der Waals surface area contributed by atoms with Crippen LogP contribution in [0.15, 0.2) is 83.5 Å². The molecule has 0 amide bonds. The van der Waals surface area contributed by atoms with Gasteiger partial charge in [-0.05, 0) is 24.6 Å². The number of nitrogens with zero attached hydrogens (tertiary/aromatic N) is 1. The summed E-state index contributed by atoms with van der Waals surface area (Å²) < 4.78 is 8.11. The Kier molecular flexibility index (Phi) is 4.81. The molecule has 0 aliphatic rings. The summed E-state index contributed by atoms with van der Waals surface area (Å²) in [5.41, 5.74) is 4.69. The van der Waals surface area contributed by atoms with E-state index in [-0.39, 0.29) is 17.0 Å². The molecule has 4 rings (SSSR count). The second-order valence-corrected chi connectivity index (χ2v) is 5.83. The molecule has 120 valence electrons. The Bertz CT molecular complexity index is 924. The van der Waals surface area contributed by atoms with Crippen LogP contribution in [0.3, 0.4) is 0 Å². The second kappa shape index (κ2) is 7.02. The highest BCUT2D eigenvalue weighted by Gasteiger charge is 2.09. The molecule has 2 aromatic carbocycles. The molecule has 0 saturated carbocycles. The van der Waals surface area contributed by atoms with Gasteiger partial charge in [-0.3, -0.25) is 0 Å². The number of aromatic nitrogens is 1. The van der Waals surface area contributed by atoms with Crippen molar-refractivity contribution < 1.29 is 26.0 Å². The number of hydrogen-bond donors (Lipinski definition) is 0. The number of fused-ring (bicyclic) bond motifs is 1.